The summed E-state index contributed by atoms with van der Waals surface area (Å²) in [6, 6.07) is 13.4. The monoisotopic (exact) mass is 620 g/mol. The first-order valence-electron chi connectivity index (χ1n) is 11.9. The molecule has 5 rings (SSSR count). The summed E-state index contributed by atoms with van der Waals surface area (Å²) in [6.45, 7) is 5.07. The molecule has 1 aromatic heterocycles. The highest BCUT2D eigenvalue weighted by atomic mass is 35.5. The third-order valence-electron chi connectivity index (χ3n) is 6.50. The molecule has 7 nitrogen and oxygen atoms in total. The van der Waals surface area contributed by atoms with E-state index < -0.39 is 35.4 Å². The van der Waals surface area contributed by atoms with Gasteiger partial charge in [0.2, 0.25) is 0 Å². The standard InChI is InChI=1S/C29H20Cl4O7/c1-13-10-22(34)37-24-16(13)6-9-21-23(24)25(38-27(35)17-11-14(30)4-7-19(17)32)26(29(2,3)40-21)39-28(36)18-12-15(31)5-8-20(18)33/h4-12,25-26H,1-3H3/t25-,26-/m0/s1. The second-order valence-corrected chi connectivity index (χ2v) is 11.4. The number of halogens is 4. The van der Waals surface area contributed by atoms with Crippen molar-refractivity contribution in [3.8, 4) is 5.75 Å². The largest absolute Gasteiger partial charge is 0.483 e. The van der Waals surface area contributed by atoms with Crippen LogP contribution in [0.2, 0.25) is 20.1 Å². The Morgan fingerprint density at radius 1 is 0.825 bits per heavy atom. The Hall–Kier alpha value is -3.23. The van der Waals surface area contributed by atoms with Crippen molar-refractivity contribution in [2.75, 3.05) is 0 Å². The number of carbonyl (C=O) groups is 2. The van der Waals surface area contributed by atoms with Crippen LogP contribution >= 0.6 is 46.4 Å². The van der Waals surface area contributed by atoms with Crippen molar-refractivity contribution in [2.24, 2.45) is 0 Å². The average Bonchev–Trinajstić information content (AvgIpc) is 2.87. The summed E-state index contributed by atoms with van der Waals surface area (Å²) in [5, 5.41) is 1.31. The fourth-order valence-electron chi connectivity index (χ4n) is 4.59. The SMILES string of the molecule is Cc1cc(=O)oc2c3c(ccc12)OC(C)(C)[C@@H](OC(=O)c1cc(Cl)ccc1Cl)[C@H]3OC(=O)c1cc(Cl)ccc1Cl. The molecule has 1 aliphatic rings. The van der Waals surface area contributed by atoms with Crippen LogP contribution in [0.5, 0.6) is 5.75 Å². The Bertz CT molecular complexity index is 1740. The molecule has 0 fully saturated rings. The molecule has 11 heteroatoms. The van der Waals surface area contributed by atoms with Crippen LogP contribution in [0.3, 0.4) is 0 Å². The molecule has 0 bridgehead atoms. The summed E-state index contributed by atoms with van der Waals surface area (Å²) in [4.78, 5) is 39.3. The highest BCUT2D eigenvalue weighted by molar-refractivity contribution is 6.36. The van der Waals surface area contributed by atoms with Gasteiger partial charge in [0.15, 0.2) is 12.2 Å². The minimum atomic E-state index is -1.31. The van der Waals surface area contributed by atoms with E-state index >= 15 is 0 Å². The Balaban J connectivity index is 1.68. The lowest BCUT2D eigenvalue weighted by molar-refractivity contribution is -0.122. The van der Waals surface area contributed by atoms with Crippen molar-refractivity contribution >= 4 is 69.3 Å². The third kappa shape index (κ3) is 5.27. The molecule has 4 aromatic rings. The molecule has 206 valence electrons. The van der Waals surface area contributed by atoms with Crippen molar-refractivity contribution in [1.29, 1.82) is 0 Å². The van der Waals surface area contributed by atoms with E-state index in [0.29, 0.717) is 10.9 Å². The van der Waals surface area contributed by atoms with E-state index in [9.17, 15) is 14.4 Å². The van der Waals surface area contributed by atoms with Crippen LogP contribution in [0.25, 0.3) is 11.0 Å². The van der Waals surface area contributed by atoms with Gasteiger partial charge in [0.05, 0.1) is 26.7 Å². The molecule has 1 aliphatic heterocycles. The molecule has 0 unspecified atom stereocenters. The fourth-order valence-corrected chi connectivity index (χ4v) is 5.33. The van der Waals surface area contributed by atoms with Gasteiger partial charge in [-0.2, -0.15) is 0 Å². The van der Waals surface area contributed by atoms with Crippen molar-refractivity contribution < 1.29 is 28.2 Å². The first-order valence-corrected chi connectivity index (χ1v) is 13.5. The van der Waals surface area contributed by atoms with Gasteiger partial charge in [0, 0.05) is 21.5 Å². The predicted octanol–water partition coefficient (Wildman–Crippen LogP) is 8.01. The number of carbonyl (C=O) groups excluding carboxylic acids is 2. The zero-order valence-corrected chi connectivity index (χ0v) is 24.2. The normalized spacial score (nSPS) is 17.6. The Morgan fingerprint density at radius 3 is 2.00 bits per heavy atom. The minimum Gasteiger partial charge on any atom is -0.483 e. The van der Waals surface area contributed by atoms with Gasteiger partial charge in [-0.25, -0.2) is 14.4 Å². The van der Waals surface area contributed by atoms with Gasteiger partial charge in [-0.1, -0.05) is 46.4 Å². The number of benzene rings is 3. The number of hydrogen-bond donors (Lipinski definition) is 0. The average molecular weight is 622 g/mol. The number of esters is 2. The molecule has 0 aliphatic carbocycles. The van der Waals surface area contributed by atoms with Crippen LogP contribution in [0.4, 0.5) is 0 Å². The molecule has 0 amide bonds. The molecule has 0 saturated carbocycles. The number of hydrogen-bond acceptors (Lipinski definition) is 7. The Morgan fingerprint density at radius 2 is 1.40 bits per heavy atom. The van der Waals surface area contributed by atoms with Gasteiger partial charge in [-0.3, -0.25) is 0 Å². The second-order valence-electron chi connectivity index (χ2n) is 9.71. The predicted molar refractivity (Wildman–Crippen MR) is 152 cm³/mol. The van der Waals surface area contributed by atoms with Gasteiger partial charge >= 0.3 is 17.6 Å². The van der Waals surface area contributed by atoms with E-state index in [-0.39, 0.29) is 48.1 Å². The number of aryl methyl sites for hydroxylation is 1. The maximum absolute atomic E-state index is 13.5. The molecule has 0 spiro atoms. The first-order chi connectivity index (χ1) is 18.9. The van der Waals surface area contributed by atoms with E-state index in [1.54, 1.807) is 32.9 Å². The zero-order chi connectivity index (χ0) is 28.9. The summed E-state index contributed by atoms with van der Waals surface area (Å²) in [7, 11) is 0. The van der Waals surface area contributed by atoms with Gasteiger partial charge < -0.3 is 18.6 Å². The molecular formula is C29H20Cl4O7. The summed E-state index contributed by atoms with van der Waals surface area (Å²) < 4.78 is 23.8. The lowest BCUT2D eigenvalue weighted by Crippen LogP contribution is -2.52. The van der Waals surface area contributed by atoms with Crippen molar-refractivity contribution in [2.45, 2.75) is 38.6 Å². The highest BCUT2D eigenvalue weighted by Gasteiger charge is 2.50. The molecule has 0 radical (unpaired) electrons. The van der Waals surface area contributed by atoms with Crippen molar-refractivity contribution in [3.63, 3.8) is 0 Å². The Labute approximate surface area is 248 Å². The molecule has 2 atom stereocenters. The zero-order valence-electron chi connectivity index (χ0n) is 21.2. The maximum Gasteiger partial charge on any atom is 0.340 e. The van der Waals surface area contributed by atoms with Gasteiger partial charge in [-0.05, 0) is 74.9 Å². The molecule has 2 heterocycles. The van der Waals surface area contributed by atoms with Gasteiger partial charge in [0.1, 0.15) is 16.9 Å². The van der Waals surface area contributed by atoms with Crippen LogP contribution < -0.4 is 10.4 Å². The van der Waals surface area contributed by atoms with E-state index in [0.717, 1.165) is 0 Å². The highest BCUT2D eigenvalue weighted by Crippen LogP contribution is 2.47. The van der Waals surface area contributed by atoms with E-state index in [1.807, 2.05) is 0 Å². The minimum absolute atomic E-state index is 0.000906. The molecule has 0 saturated heterocycles. The fraction of sp³-hybridized carbons (Fsp3) is 0.207. The summed E-state index contributed by atoms with van der Waals surface area (Å²) >= 11 is 24.7. The van der Waals surface area contributed by atoms with Crippen LogP contribution in [0, 0.1) is 6.92 Å². The third-order valence-corrected chi connectivity index (χ3v) is 7.63. The molecule has 3 aromatic carbocycles. The summed E-state index contributed by atoms with van der Waals surface area (Å²) in [6.07, 6.45) is -2.56. The maximum atomic E-state index is 13.5. The van der Waals surface area contributed by atoms with E-state index in [2.05, 4.69) is 0 Å². The number of rotatable bonds is 4. The van der Waals surface area contributed by atoms with Gasteiger partial charge in [-0.15, -0.1) is 0 Å². The summed E-state index contributed by atoms with van der Waals surface area (Å²) in [5.41, 5.74) is -0.922. The lowest BCUT2D eigenvalue weighted by atomic mass is 9.86. The van der Waals surface area contributed by atoms with Crippen LogP contribution in [-0.4, -0.2) is 23.6 Å². The van der Waals surface area contributed by atoms with Crippen LogP contribution in [0.1, 0.15) is 51.8 Å². The van der Waals surface area contributed by atoms with E-state index in [4.69, 9.17) is 65.0 Å². The number of fused-ring (bicyclic) bond motifs is 3. The van der Waals surface area contributed by atoms with Crippen LogP contribution in [0.15, 0.2) is 63.8 Å². The van der Waals surface area contributed by atoms with Crippen molar-refractivity contribution in [1.82, 2.24) is 0 Å². The summed E-state index contributed by atoms with van der Waals surface area (Å²) in [5.74, 6) is -1.42. The quantitative estimate of drug-likeness (QED) is 0.168. The van der Waals surface area contributed by atoms with Crippen LogP contribution in [-0.2, 0) is 9.47 Å². The topological polar surface area (TPSA) is 92.0 Å². The van der Waals surface area contributed by atoms with Gasteiger partial charge in [0.25, 0.3) is 0 Å². The second kappa shape index (κ2) is 10.6. The van der Waals surface area contributed by atoms with Crippen molar-refractivity contribution in [3.05, 3.63) is 107 Å². The smallest absolute Gasteiger partial charge is 0.340 e. The Kier molecular flexibility index (Phi) is 7.52. The molecular weight excluding hydrogens is 602 g/mol. The van der Waals surface area contributed by atoms with E-state index in [1.165, 1.54) is 42.5 Å². The first kappa shape index (κ1) is 28.3. The lowest BCUT2D eigenvalue weighted by Gasteiger charge is -2.43. The molecule has 40 heavy (non-hydrogen) atoms. The number of ether oxygens (including phenoxy) is 3. The molecule has 0 N–H and O–H groups in total.